The van der Waals surface area contributed by atoms with Gasteiger partial charge in [0.2, 0.25) is 0 Å². The second-order valence-electron chi connectivity index (χ2n) is 5.89. The van der Waals surface area contributed by atoms with Gasteiger partial charge in [0.25, 0.3) is 0 Å². The van der Waals surface area contributed by atoms with Gasteiger partial charge in [-0.05, 0) is 64.3 Å². The van der Waals surface area contributed by atoms with Gasteiger partial charge in [-0.1, -0.05) is 37.0 Å². The van der Waals surface area contributed by atoms with Crippen molar-refractivity contribution in [1.29, 1.82) is 0 Å². The molecule has 0 radical (unpaired) electrons. The molecule has 0 unspecified atom stereocenters. The highest BCUT2D eigenvalue weighted by Gasteiger charge is 2.08. The maximum absolute atomic E-state index is 4.53. The molecule has 0 fully saturated rings. The van der Waals surface area contributed by atoms with Crippen molar-refractivity contribution in [2.45, 2.75) is 41.5 Å². The second kappa shape index (κ2) is 8.28. The lowest BCUT2D eigenvalue weighted by Crippen LogP contribution is -1.98. The summed E-state index contributed by atoms with van der Waals surface area (Å²) < 4.78 is 0. The topological polar surface area (TPSA) is 41.0 Å². The molecule has 0 aliphatic rings. The van der Waals surface area contributed by atoms with Crippen molar-refractivity contribution in [3.63, 3.8) is 0 Å². The third-order valence-electron chi connectivity index (χ3n) is 3.68. The molecule has 3 nitrogen and oxygen atoms in total. The average molecular weight is 309 g/mol. The fourth-order valence-electron chi connectivity index (χ4n) is 1.94. The third-order valence-corrected chi connectivity index (χ3v) is 3.68. The Hall–Kier alpha value is -2.42. The van der Waals surface area contributed by atoms with Gasteiger partial charge < -0.3 is 0 Å². The van der Waals surface area contributed by atoms with E-state index in [1.807, 2.05) is 65.8 Å². The minimum absolute atomic E-state index is 0.713. The van der Waals surface area contributed by atoms with E-state index in [-0.39, 0.29) is 0 Å². The predicted molar refractivity (Wildman–Crippen MR) is 101 cm³/mol. The Kier molecular flexibility index (Phi) is 6.70. The summed E-state index contributed by atoms with van der Waals surface area (Å²) in [7, 11) is 0. The van der Waals surface area contributed by atoms with Crippen molar-refractivity contribution in [1.82, 2.24) is 10.2 Å². The first-order valence-electron chi connectivity index (χ1n) is 7.67. The van der Waals surface area contributed by atoms with Crippen LogP contribution < -0.4 is 0 Å². The monoisotopic (exact) mass is 309 g/mol. The number of allylic oxidation sites excluding steroid dienone is 7. The van der Waals surface area contributed by atoms with Crippen LogP contribution in [0, 0.1) is 13.8 Å². The van der Waals surface area contributed by atoms with Gasteiger partial charge in [-0.3, -0.25) is 10.1 Å². The number of aromatic amines is 1. The molecule has 0 aliphatic heterocycles. The molecule has 1 aromatic rings. The second-order valence-corrected chi connectivity index (χ2v) is 5.89. The number of aryl methyl sites for hydroxylation is 1. The number of hydrogen-bond acceptors (Lipinski definition) is 2. The summed E-state index contributed by atoms with van der Waals surface area (Å²) in [4.78, 5) is 4.53. The van der Waals surface area contributed by atoms with Crippen LogP contribution in [-0.4, -0.2) is 15.9 Å². The summed E-state index contributed by atoms with van der Waals surface area (Å²) >= 11 is 0. The average Bonchev–Trinajstić information content (AvgIpc) is 2.78. The van der Waals surface area contributed by atoms with Gasteiger partial charge in [0.1, 0.15) is 5.69 Å². The highest BCUT2D eigenvalue weighted by Crippen LogP contribution is 2.12. The van der Waals surface area contributed by atoms with Crippen molar-refractivity contribution >= 4 is 5.71 Å². The first-order chi connectivity index (χ1) is 10.7. The van der Waals surface area contributed by atoms with Crippen molar-refractivity contribution < 1.29 is 0 Å². The molecule has 0 atom stereocenters. The van der Waals surface area contributed by atoms with Gasteiger partial charge in [0, 0.05) is 5.69 Å². The Balaban J connectivity index is 2.83. The molecule has 3 heteroatoms. The summed E-state index contributed by atoms with van der Waals surface area (Å²) in [6, 6.07) is 0. The van der Waals surface area contributed by atoms with Gasteiger partial charge in [0.05, 0.1) is 11.4 Å². The van der Waals surface area contributed by atoms with Crippen molar-refractivity contribution in [3.8, 4) is 0 Å². The SMILES string of the molecule is C=C(/C=C(C)/C=C/C=C(\C)C(=C)C)N=C(C)c1n[nH]c(C)c1C. The van der Waals surface area contributed by atoms with E-state index in [1.165, 1.54) is 5.57 Å². The molecule has 1 rings (SSSR count). The standard InChI is InChI=1S/C20H27N3/c1-13(2)15(4)11-9-10-14(3)12-16(5)21-19(8)20-17(6)18(7)22-23-20/h9-12H,1,5H2,2-4,6-8H3,(H,22,23)/b10-9+,14-12+,15-11+,21-19?. The van der Waals surface area contributed by atoms with Gasteiger partial charge >= 0.3 is 0 Å². The van der Waals surface area contributed by atoms with Crippen LogP contribution in [0.1, 0.15) is 44.6 Å². The number of aromatic nitrogens is 2. The van der Waals surface area contributed by atoms with Crippen LogP contribution >= 0.6 is 0 Å². The van der Waals surface area contributed by atoms with E-state index in [4.69, 9.17) is 0 Å². The highest BCUT2D eigenvalue weighted by molar-refractivity contribution is 5.99. The Labute approximate surface area is 139 Å². The summed E-state index contributed by atoms with van der Waals surface area (Å²) in [5.74, 6) is 0. The first-order valence-corrected chi connectivity index (χ1v) is 7.67. The molecule has 0 spiro atoms. The highest BCUT2D eigenvalue weighted by atomic mass is 15.1. The molecular weight excluding hydrogens is 282 g/mol. The van der Waals surface area contributed by atoms with Gasteiger partial charge in [0.15, 0.2) is 0 Å². The summed E-state index contributed by atoms with van der Waals surface area (Å²) in [6.07, 6.45) is 8.05. The van der Waals surface area contributed by atoms with E-state index in [0.29, 0.717) is 5.70 Å². The number of aliphatic imine (C=N–C) groups is 1. The molecule has 1 aromatic heterocycles. The van der Waals surface area contributed by atoms with Crippen molar-refractivity contribution in [2.24, 2.45) is 4.99 Å². The summed E-state index contributed by atoms with van der Waals surface area (Å²) in [5, 5.41) is 7.26. The summed E-state index contributed by atoms with van der Waals surface area (Å²) in [5.41, 5.74) is 8.00. The zero-order chi connectivity index (χ0) is 17.6. The van der Waals surface area contributed by atoms with Crippen LogP contribution in [-0.2, 0) is 0 Å². The van der Waals surface area contributed by atoms with Crippen LogP contribution in [0.5, 0.6) is 0 Å². The number of H-pyrrole nitrogens is 1. The Morgan fingerprint density at radius 2 is 1.78 bits per heavy atom. The quantitative estimate of drug-likeness (QED) is 0.556. The molecule has 0 saturated heterocycles. The maximum Gasteiger partial charge on any atom is 0.109 e. The van der Waals surface area contributed by atoms with Crippen LogP contribution in [0.25, 0.3) is 0 Å². The third kappa shape index (κ3) is 5.70. The smallest absolute Gasteiger partial charge is 0.109 e. The van der Waals surface area contributed by atoms with E-state index >= 15 is 0 Å². The van der Waals surface area contributed by atoms with E-state index in [2.05, 4.69) is 28.3 Å². The van der Waals surface area contributed by atoms with E-state index in [9.17, 15) is 0 Å². The molecule has 23 heavy (non-hydrogen) atoms. The predicted octanol–water partition coefficient (Wildman–Crippen LogP) is 5.37. The van der Waals surface area contributed by atoms with E-state index in [0.717, 1.165) is 33.8 Å². The maximum atomic E-state index is 4.53. The zero-order valence-corrected chi connectivity index (χ0v) is 15.1. The van der Waals surface area contributed by atoms with E-state index in [1.54, 1.807) is 0 Å². The Morgan fingerprint density at radius 1 is 1.13 bits per heavy atom. The molecule has 0 bridgehead atoms. The molecule has 1 heterocycles. The lowest BCUT2D eigenvalue weighted by Gasteiger charge is -2.00. The molecule has 122 valence electrons. The lowest BCUT2D eigenvalue weighted by atomic mass is 10.1. The Morgan fingerprint density at radius 3 is 2.30 bits per heavy atom. The van der Waals surface area contributed by atoms with E-state index < -0.39 is 0 Å². The number of nitrogens with one attached hydrogen (secondary N) is 1. The van der Waals surface area contributed by atoms with Crippen molar-refractivity contribution in [3.05, 3.63) is 76.8 Å². The van der Waals surface area contributed by atoms with Crippen LogP contribution in [0.15, 0.2) is 64.9 Å². The largest absolute Gasteiger partial charge is 0.282 e. The minimum atomic E-state index is 0.713. The minimum Gasteiger partial charge on any atom is -0.282 e. The van der Waals surface area contributed by atoms with Gasteiger partial charge in [-0.15, -0.1) is 0 Å². The fraction of sp³-hybridized carbons (Fsp3) is 0.300. The number of rotatable bonds is 6. The van der Waals surface area contributed by atoms with Crippen LogP contribution in [0.3, 0.4) is 0 Å². The molecular formula is C20H27N3. The zero-order valence-electron chi connectivity index (χ0n) is 15.1. The first kappa shape index (κ1) is 18.6. The summed E-state index contributed by atoms with van der Waals surface area (Å²) in [6.45, 7) is 20.0. The van der Waals surface area contributed by atoms with Gasteiger partial charge in [-0.25, -0.2) is 0 Å². The molecule has 0 aromatic carbocycles. The van der Waals surface area contributed by atoms with Crippen LogP contribution in [0.2, 0.25) is 0 Å². The lowest BCUT2D eigenvalue weighted by molar-refractivity contribution is 1.04. The molecule has 0 aliphatic carbocycles. The van der Waals surface area contributed by atoms with Gasteiger partial charge in [-0.2, -0.15) is 5.10 Å². The molecule has 1 N–H and O–H groups in total. The number of hydrogen-bond donors (Lipinski definition) is 1. The number of nitrogens with zero attached hydrogens (tertiary/aromatic N) is 2. The molecule has 0 amide bonds. The normalized spacial score (nSPS) is 13.7. The Bertz CT molecular complexity index is 722. The van der Waals surface area contributed by atoms with Crippen LogP contribution in [0.4, 0.5) is 0 Å². The van der Waals surface area contributed by atoms with Crippen molar-refractivity contribution in [2.75, 3.05) is 0 Å². The molecule has 0 saturated carbocycles. The fourth-order valence-corrected chi connectivity index (χ4v) is 1.94.